The van der Waals surface area contributed by atoms with Crippen molar-refractivity contribution in [2.75, 3.05) is 0 Å². The van der Waals surface area contributed by atoms with Crippen molar-refractivity contribution >= 4 is 12.3 Å². The van der Waals surface area contributed by atoms with E-state index in [-0.39, 0.29) is 0 Å². The Kier molecular flexibility index (Phi) is 1.06. The molecule has 0 bridgehead atoms. The first-order valence-electron chi connectivity index (χ1n) is 3.08. The molecule has 0 fully saturated rings. The number of fused-ring (bicyclic) bond motifs is 1. The first-order valence-corrected chi connectivity index (χ1v) is 3.08. The largest absolute Gasteiger partial charge is 0.306 e. The van der Waals surface area contributed by atoms with Crippen LogP contribution < -0.4 is 0 Å². The third kappa shape index (κ3) is 0.714. The molecule has 0 unspecified atom stereocenters. The van der Waals surface area contributed by atoms with Crippen LogP contribution in [-0.2, 0) is 0 Å². The van der Waals surface area contributed by atoms with Gasteiger partial charge in [-0.1, -0.05) is 0 Å². The van der Waals surface area contributed by atoms with E-state index in [1.165, 1.54) is 0 Å². The molecule has 2 rings (SSSR count). The standard InChI is InChI=1S/C8H6N2/c1-2-4-8-6-9-7-10(8)5-3-1/h1,3-7H. The van der Waals surface area contributed by atoms with Crippen LogP contribution in [0.3, 0.4) is 0 Å². The number of aromatic nitrogens is 2. The van der Waals surface area contributed by atoms with Gasteiger partial charge in [0.25, 0.3) is 0 Å². The molecule has 0 atom stereocenters. The van der Waals surface area contributed by atoms with Crippen molar-refractivity contribution in [3.05, 3.63) is 36.1 Å². The molecule has 0 radical (unpaired) electrons. The number of imidazole rings is 1. The summed E-state index contributed by atoms with van der Waals surface area (Å²) in [4.78, 5) is 3.97. The van der Waals surface area contributed by atoms with E-state index in [0.717, 1.165) is 5.69 Å². The molecule has 0 N–H and O–H groups in total. The van der Waals surface area contributed by atoms with Crippen molar-refractivity contribution in [3.8, 4) is 0 Å². The molecule has 0 saturated heterocycles. The zero-order valence-corrected chi connectivity index (χ0v) is 5.36. The van der Waals surface area contributed by atoms with Crippen LogP contribution >= 0.6 is 0 Å². The summed E-state index contributed by atoms with van der Waals surface area (Å²) in [6, 6.07) is 0. The van der Waals surface area contributed by atoms with Gasteiger partial charge in [0.1, 0.15) is 0 Å². The van der Waals surface area contributed by atoms with E-state index in [1.807, 2.05) is 29.0 Å². The van der Waals surface area contributed by atoms with E-state index in [2.05, 4.69) is 10.7 Å². The van der Waals surface area contributed by atoms with Crippen LogP contribution in [0.4, 0.5) is 0 Å². The lowest BCUT2D eigenvalue weighted by molar-refractivity contribution is 1.12. The molecule has 1 aliphatic rings. The number of hydrogen-bond acceptors (Lipinski definition) is 1. The fraction of sp³-hybridized carbons (Fsp3) is 0. The number of allylic oxidation sites excluding steroid dienone is 2. The maximum absolute atomic E-state index is 3.97. The highest BCUT2D eigenvalue weighted by Crippen LogP contribution is 2.03. The second-order valence-electron chi connectivity index (χ2n) is 2.04. The normalized spacial score (nSPS) is 13.2. The molecule has 2 heterocycles. The van der Waals surface area contributed by atoms with Gasteiger partial charge in [0, 0.05) is 12.3 Å². The quantitative estimate of drug-likeness (QED) is 0.487. The average Bonchev–Trinajstić information content (AvgIpc) is 2.28. The molecular formula is C8H6N2. The molecule has 0 aromatic carbocycles. The number of nitrogens with zero attached hydrogens (tertiary/aromatic N) is 2. The first-order chi connectivity index (χ1) is 4.97. The van der Waals surface area contributed by atoms with Gasteiger partial charge in [-0.25, -0.2) is 4.98 Å². The van der Waals surface area contributed by atoms with Gasteiger partial charge in [-0.05, 0) is 12.2 Å². The summed E-state index contributed by atoms with van der Waals surface area (Å²) < 4.78 is 1.94. The Labute approximate surface area is 58.8 Å². The van der Waals surface area contributed by atoms with Crippen LogP contribution in [-0.4, -0.2) is 9.55 Å². The van der Waals surface area contributed by atoms with E-state index in [0.29, 0.717) is 0 Å². The van der Waals surface area contributed by atoms with Crippen LogP contribution in [0.15, 0.2) is 30.4 Å². The first kappa shape index (κ1) is 5.27. The Bertz CT molecular complexity index is 325. The second-order valence-corrected chi connectivity index (χ2v) is 2.04. The lowest BCUT2D eigenvalue weighted by Crippen LogP contribution is -1.83. The molecule has 0 saturated carbocycles. The second kappa shape index (κ2) is 2.01. The van der Waals surface area contributed by atoms with Gasteiger partial charge in [0.15, 0.2) is 0 Å². The van der Waals surface area contributed by atoms with Gasteiger partial charge in [-0.2, -0.15) is 0 Å². The highest BCUT2D eigenvalue weighted by atomic mass is 15.0. The van der Waals surface area contributed by atoms with Gasteiger partial charge < -0.3 is 4.57 Å². The maximum Gasteiger partial charge on any atom is 0.0992 e. The molecule has 1 aromatic rings. The maximum atomic E-state index is 3.97. The highest BCUT2D eigenvalue weighted by Gasteiger charge is 1.93. The topological polar surface area (TPSA) is 17.8 Å². The lowest BCUT2D eigenvalue weighted by Gasteiger charge is -1.91. The Morgan fingerprint density at radius 1 is 1.50 bits per heavy atom. The zero-order valence-electron chi connectivity index (χ0n) is 5.36. The Morgan fingerprint density at radius 2 is 2.50 bits per heavy atom. The van der Waals surface area contributed by atoms with Crippen molar-refractivity contribution in [1.82, 2.24) is 9.55 Å². The van der Waals surface area contributed by atoms with Crippen LogP contribution in [0.2, 0.25) is 0 Å². The smallest absolute Gasteiger partial charge is 0.0992 e. The Morgan fingerprint density at radius 3 is 3.50 bits per heavy atom. The summed E-state index contributed by atoms with van der Waals surface area (Å²) in [5.74, 6) is 0. The molecule has 1 aromatic heterocycles. The molecule has 0 amide bonds. The van der Waals surface area contributed by atoms with Crippen LogP contribution in [0.1, 0.15) is 5.69 Å². The van der Waals surface area contributed by atoms with Crippen molar-refractivity contribution < 1.29 is 0 Å². The fourth-order valence-corrected chi connectivity index (χ4v) is 0.876. The van der Waals surface area contributed by atoms with E-state index >= 15 is 0 Å². The number of hydrogen-bond donors (Lipinski definition) is 0. The summed E-state index contributed by atoms with van der Waals surface area (Å²) in [6.45, 7) is 0. The van der Waals surface area contributed by atoms with Crippen molar-refractivity contribution in [2.24, 2.45) is 0 Å². The molecule has 0 spiro atoms. The van der Waals surface area contributed by atoms with Gasteiger partial charge in [0.05, 0.1) is 18.2 Å². The highest BCUT2D eigenvalue weighted by molar-refractivity contribution is 5.50. The van der Waals surface area contributed by atoms with E-state index in [4.69, 9.17) is 0 Å². The summed E-state index contributed by atoms with van der Waals surface area (Å²) in [5, 5.41) is 0. The van der Waals surface area contributed by atoms with Crippen molar-refractivity contribution in [1.29, 1.82) is 0 Å². The summed E-state index contributed by atoms with van der Waals surface area (Å²) in [5.41, 5.74) is 4.05. The van der Waals surface area contributed by atoms with E-state index < -0.39 is 0 Å². The molecule has 2 nitrogen and oxygen atoms in total. The van der Waals surface area contributed by atoms with Crippen molar-refractivity contribution in [2.45, 2.75) is 0 Å². The Hall–Kier alpha value is -1.53. The molecule has 0 aliphatic carbocycles. The minimum Gasteiger partial charge on any atom is -0.306 e. The lowest BCUT2D eigenvalue weighted by atomic mass is 10.4. The summed E-state index contributed by atoms with van der Waals surface area (Å²) in [7, 11) is 0. The minimum atomic E-state index is 1.06. The molecule has 48 valence electrons. The SMILES string of the molecule is C1=CC=Cn2cncc2C=1. The Balaban J connectivity index is 2.68. The fourth-order valence-electron chi connectivity index (χ4n) is 0.876. The molecule has 2 heteroatoms. The molecule has 10 heavy (non-hydrogen) atoms. The molecule has 1 aliphatic heterocycles. The average molecular weight is 130 g/mol. The molecular weight excluding hydrogens is 124 g/mol. The van der Waals surface area contributed by atoms with Gasteiger partial charge in [-0.3, -0.25) is 0 Å². The van der Waals surface area contributed by atoms with Crippen LogP contribution in [0, 0.1) is 0 Å². The summed E-state index contributed by atoms with van der Waals surface area (Å²) in [6.07, 6.45) is 11.2. The predicted octanol–water partition coefficient (Wildman–Crippen LogP) is 1.54. The van der Waals surface area contributed by atoms with E-state index in [1.54, 1.807) is 12.5 Å². The van der Waals surface area contributed by atoms with Gasteiger partial charge >= 0.3 is 0 Å². The zero-order chi connectivity index (χ0) is 6.81. The third-order valence-corrected chi connectivity index (χ3v) is 1.37. The van der Waals surface area contributed by atoms with Crippen LogP contribution in [0.25, 0.3) is 12.3 Å². The van der Waals surface area contributed by atoms with Gasteiger partial charge in [0.2, 0.25) is 0 Å². The van der Waals surface area contributed by atoms with Crippen molar-refractivity contribution in [3.63, 3.8) is 0 Å². The minimum absolute atomic E-state index is 1.06. The van der Waals surface area contributed by atoms with E-state index in [9.17, 15) is 0 Å². The monoisotopic (exact) mass is 130 g/mol. The predicted molar refractivity (Wildman–Crippen MR) is 40.1 cm³/mol. The number of rotatable bonds is 0. The summed E-state index contributed by atoms with van der Waals surface area (Å²) >= 11 is 0. The van der Waals surface area contributed by atoms with Crippen LogP contribution in [0.5, 0.6) is 0 Å². The third-order valence-electron chi connectivity index (χ3n) is 1.37. The van der Waals surface area contributed by atoms with Gasteiger partial charge in [-0.15, -0.1) is 5.73 Å².